The van der Waals surface area contributed by atoms with Crippen LogP contribution >= 0.6 is 20.0 Å². The first-order chi connectivity index (χ1) is 12.4. The van der Waals surface area contributed by atoms with Crippen molar-refractivity contribution in [2.45, 2.75) is 43.6 Å². The topological polar surface area (TPSA) is 176 Å². The summed E-state index contributed by atoms with van der Waals surface area (Å²) in [4.78, 5) is 34.2. The minimum Gasteiger partial charge on any atom is -0.480 e. The SMILES string of the molecule is C[C@H](NP(=O)(O)OCC12O[C@@H](n3ccc(=O)[nH]c3=S)C(C)(O)[C@H]1O2)C(=O)O. The fraction of sp³-hybridized carbons (Fsp3) is 0.615. The second kappa shape index (κ2) is 6.57. The van der Waals surface area contributed by atoms with E-state index in [4.69, 9.17) is 31.3 Å². The lowest BCUT2D eigenvalue weighted by Gasteiger charge is -2.28. The number of aliphatic hydroxyl groups is 1. The van der Waals surface area contributed by atoms with E-state index in [1.54, 1.807) is 0 Å². The maximum absolute atomic E-state index is 12.0. The fourth-order valence-electron chi connectivity index (χ4n) is 2.87. The molecule has 1 aromatic rings. The van der Waals surface area contributed by atoms with Crippen LogP contribution in [0.5, 0.6) is 0 Å². The van der Waals surface area contributed by atoms with Crippen molar-refractivity contribution in [1.29, 1.82) is 0 Å². The molecule has 6 atom stereocenters. The molecule has 1 aromatic heterocycles. The van der Waals surface area contributed by atoms with Crippen LogP contribution in [0, 0.1) is 4.77 Å². The van der Waals surface area contributed by atoms with Gasteiger partial charge in [0.15, 0.2) is 17.1 Å². The van der Waals surface area contributed by atoms with Gasteiger partial charge in [0.05, 0.1) is 0 Å². The molecular weight excluding hydrogens is 405 g/mol. The van der Waals surface area contributed by atoms with E-state index in [0.29, 0.717) is 0 Å². The molecular formula is C13H18N3O9PS. The standard InChI is InChI=1S/C13H18N3O9PS/c1-6(8(18)19)15-26(21,22)23-5-13-9(24-13)12(2,20)10(25-13)16-4-3-7(17)14-11(16)27/h3-4,6,9-10,20H,5H2,1-2H3,(H,18,19)(H,14,17,27)(H2,15,21,22)/t6-,9+,10+,12?,13?/m0/s1. The number of hydrogen-bond acceptors (Lipinski definition) is 8. The van der Waals surface area contributed by atoms with Gasteiger partial charge in [0.25, 0.3) is 5.56 Å². The number of H-pyrrole nitrogens is 1. The Labute approximate surface area is 157 Å². The first kappa shape index (κ1) is 20.3. The first-order valence-corrected chi connectivity index (χ1v) is 9.74. The molecule has 14 heteroatoms. The lowest BCUT2D eigenvalue weighted by molar-refractivity contribution is -0.191. The van der Waals surface area contributed by atoms with E-state index in [1.807, 2.05) is 5.09 Å². The summed E-state index contributed by atoms with van der Waals surface area (Å²) >= 11 is 5.06. The van der Waals surface area contributed by atoms with Gasteiger partial charge in [0.2, 0.25) is 5.79 Å². The molecule has 12 nitrogen and oxygen atoms in total. The molecule has 0 amide bonds. The van der Waals surface area contributed by atoms with E-state index in [2.05, 4.69) is 4.98 Å². The zero-order valence-electron chi connectivity index (χ0n) is 14.2. The average Bonchev–Trinajstić information content (AvgIpc) is 3.22. The molecule has 0 aliphatic carbocycles. The smallest absolute Gasteiger partial charge is 0.403 e. The molecule has 0 spiro atoms. The molecule has 3 heterocycles. The fourth-order valence-corrected chi connectivity index (χ4v) is 4.15. The molecule has 2 saturated heterocycles. The summed E-state index contributed by atoms with van der Waals surface area (Å²) < 4.78 is 29.2. The number of nitrogens with one attached hydrogen (secondary N) is 2. The normalized spacial score (nSPS) is 35.3. The molecule has 2 aliphatic rings. The van der Waals surface area contributed by atoms with Gasteiger partial charge in [-0.3, -0.25) is 23.7 Å². The number of aromatic nitrogens is 2. The third-order valence-corrected chi connectivity index (χ3v) is 5.78. The third-order valence-electron chi connectivity index (χ3n) is 4.27. The Hall–Kier alpha value is -1.44. The van der Waals surface area contributed by atoms with Crippen molar-refractivity contribution in [2.24, 2.45) is 0 Å². The molecule has 0 aromatic carbocycles. The number of aliphatic carboxylic acids is 1. The van der Waals surface area contributed by atoms with Crippen molar-refractivity contribution in [1.82, 2.24) is 14.6 Å². The van der Waals surface area contributed by atoms with Gasteiger partial charge in [-0.1, -0.05) is 0 Å². The second-order valence-electron chi connectivity index (χ2n) is 6.51. The van der Waals surface area contributed by atoms with E-state index < -0.39 is 55.6 Å². The summed E-state index contributed by atoms with van der Waals surface area (Å²) in [5, 5.41) is 21.5. The molecule has 0 radical (unpaired) electrons. The van der Waals surface area contributed by atoms with Crippen LogP contribution in [0.25, 0.3) is 0 Å². The van der Waals surface area contributed by atoms with Crippen molar-refractivity contribution >= 4 is 25.9 Å². The van der Waals surface area contributed by atoms with Crippen molar-refractivity contribution in [3.63, 3.8) is 0 Å². The van der Waals surface area contributed by atoms with Gasteiger partial charge in [-0.2, -0.15) is 0 Å². The quantitative estimate of drug-likeness (QED) is 0.216. The van der Waals surface area contributed by atoms with Crippen molar-refractivity contribution in [3.8, 4) is 0 Å². The number of rotatable bonds is 7. The van der Waals surface area contributed by atoms with Crippen LogP contribution in [0.15, 0.2) is 17.1 Å². The number of carboxylic acids is 1. The molecule has 0 bridgehead atoms. The summed E-state index contributed by atoms with van der Waals surface area (Å²) in [5.74, 6) is -2.84. The molecule has 0 saturated carbocycles. The van der Waals surface area contributed by atoms with Gasteiger partial charge in [0, 0.05) is 12.3 Å². The monoisotopic (exact) mass is 423 g/mol. The highest BCUT2D eigenvalue weighted by Crippen LogP contribution is 2.58. The number of ether oxygens (including phenoxy) is 2. The maximum atomic E-state index is 12.0. The van der Waals surface area contributed by atoms with Gasteiger partial charge in [-0.05, 0) is 26.1 Å². The Kier molecular flexibility index (Phi) is 4.94. The third kappa shape index (κ3) is 3.77. The Morgan fingerprint density at radius 1 is 1.59 bits per heavy atom. The molecule has 2 aliphatic heterocycles. The number of aromatic amines is 1. The molecule has 3 rings (SSSR count). The summed E-state index contributed by atoms with van der Waals surface area (Å²) in [6, 6.07) is -0.128. The minimum absolute atomic E-state index is 0.00919. The van der Waals surface area contributed by atoms with Crippen LogP contribution < -0.4 is 10.6 Å². The lowest BCUT2D eigenvalue weighted by Crippen LogP contribution is -2.39. The van der Waals surface area contributed by atoms with E-state index in [-0.39, 0.29) is 4.77 Å². The van der Waals surface area contributed by atoms with Gasteiger partial charge < -0.3 is 24.6 Å². The largest absolute Gasteiger partial charge is 0.480 e. The summed E-state index contributed by atoms with van der Waals surface area (Å²) in [6.45, 7) is 2.05. The Bertz CT molecular complexity index is 930. The molecule has 3 unspecified atom stereocenters. The zero-order valence-corrected chi connectivity index (χ0v) is 15.9. The highest BCUT2D eigenvalue weighted by molar-refractivity contribution is 7.71. The van der Waals surface area contributed by atoms with Crippen molar-refractivity contribution in [3.05, 3.63) is 27.4 Å². The number of carboxylic acid groups (broad SMARTS) is 1. The van der Waals surface area contributed by atoms with E-state index in [9.17, 15) is 24.2 Å². The first-order valence-electron chi connectivity index (χ1n) is 7.75. The number of hydrogen-bond donors (Lipinski definition) is 5. The predicted octanol–water partition coefficient (Wildman–Crippen LogP) is -0.540. The Morgan fingerprint density at radius 2 is 2.26 bits per heavy atom. The number of epoxide rings is 1. The zero-order chi connectivity index (χ0) is 20.2. The van der Waals surface area contributed by atoms with Gasteiger partial charge >= 0.3 is 13.7 Å². The number of nitrogens with zero attached hydrogens (tertiary/aromatic N) is 1. The number of carbonyl (C=O) groups is 1. The highest BCUT2D eigenvalue weighted by atomic mass is 32.1. The van der Waals surface area contributed by atoms with Crippen LogP contribution in [0.4, 0.5) is 0 Å². The van der Waals surface area contributed by atoms with Crippen LogP contribution in [0.3, 0.4) is 0 Å². The molecule has 5 N–H and O–H groups in total. The lowest BCUT2D eigenvalue weighted by atomic mass is 10.00. The van der Waals surface area contributed by atoms with Gasteiger partial charge in [0.1, 0.15) is 18.2 Å². The minimum atomic E-state index is -4.47. The van der Waals surface area contributed by atoms with Crippen LogP contribution in [-0.2, 0) is 23.4 Å². The highest BCUT2D eigenvalue weighted by Gasteiger charge is 2.76. The van der Waals surface area contributed by atoms with Crippen molar-refractivity contribution < 1.29 is 38.5 Å². The van der Waals surface area contributed by atoms with Crippen LogP contribution in [0.2, 0.25) is 0 Å². The molecule has 150 valence electrons. The van der Waals surface area contributed by atoms with E-state index >= 15 is 0 Å². The Morgan fingerprint density at radius 3 is 2.85 bits per heavy atom. The maximum Gasteiger partial charge on any atom is 0.403 e. The molecule has 2 fully saturated rings. The van der Waals surface area contributed by atoms with Gasteiger partial charge in [-0.15, -0.1) is 0 Å². The number of fused-ring (bicyclic) bond motifs is 1. The van der Waals surface area contributed by atoms with E-state index in [0.717, 1.165) is 0 Å². The summed E-state index contributed by atoms with van der Waals surface area (Å²) in [5.41, 5.74) is -2.01. The van der Waals surface area contributed by atoms with Gasteiger partial charge in [-0.25, -0.2) is 9.65 Å². The predicted molar refractivity (Wildman–Crippen MR) is 90.2 cm³/mol. The summed E-state index contributed by atoms with van der Waals surface area (Å²) in [7, 11) is -4.47. The van der Waals surface area contributed by atoms with Crippen LogP contribution in [-0.4, -0.2) is 60.8 Å². The van der Waals surface area contributed by atoms with Crippen molar-refractivity contribution in [2.75, 3.05) is 6.61 Å². The van der Waals surface area contributed by atoms with E-state index in [1.165, 1.54) is 30.7 Å². The summed E-state index contributed by atoms with van der Waals surface area (Å²) in [6.07, 6.45) is -0.596. The molecule has 27 heavy (non-hydrogen) atoms. The van der Waals surface area contributed by atoms with Crippen LogP contribution in [0.1, 0.15) is 20.1 Å². The Balaban J connectivity index is 1.74. The average molecular weight is 423 g/mol. The second-order valence-corrected chi connectivity index (χ2v) is 8.45.